The summed E-state index contributed by atoms with van der Waals surface area (Å²) in [6.07, 6.45) is -4.41. The van der Waals surface area contributed by atoms with E-state index in [0.29, 0.717) is 11.3 Å². The molecule has 1 aliphatic rings. The molecule has 0 unspecified atom stereocenters. The molecule has 21 heavy (non-hydrogen) atoms. The summed E-state index contributed by atoms with van der Waals surface area (Å²) in [6, 6.07) is 3.30. The van der Waals surface area contributed by atoms with Gasteiger partial charge in [0.2, 0.25) is 0 Å². The van der Waals surface area contributed by atoms with E-state index < -0.39 is 24.5 Å². The quantitative estimate of drug-likeness (QED) is 0.634. The Hall–Kier alpha value is -1.89. The molecule has 0 N–H and O–H groups in total. The van der Waals surface area contributed by atoms with E-state index in [1.54, 1.807) is 19.1 Å². The summed E-state index contributed by atoms with van der Waals surface area (Å²) < 4.78 is 40.5. The van der Waals surface area contributed by atoms with Crippen LogP contribution in [-0.4, -0.2) is 37.6 Å². The topological polar surface area (TPSA) is 46.6 Å². The zero-order valence-electron chi connectivity index (χ0n) is 11.6. The number of aryl methyl sites for hydroxylation is 1. The Morgan fingerprint density at radius 3 is 2.48 bits per heavy atom. The van der Waals surface area contributed by atoms with Gasteiger partial charge in [-0.25, -0.2) is 0 Å². The highest BCUT2D eigenvalue weighted by Crippen LogP contribution is 2.33. The van der Waals surface area contributed by atoms with Gasteiger partial charge < -0.3 is 9.64 Å². The van der Waals surface area contributed by atoms with E-state index in [4.69, 9.17) is 0 Å². The van der Waals surface area contributed by atoms with E-state index in [1.807, 2.05) is 6.92 Å². The van der Waals surface area contributed by atoms with Gasteiger partial charge in [0.15, 0.2) is 0 Å². The number of amides is 1. The van der Waals surface area contributed by atoms with Gasteiger partial charge in [-0.15, -0.1) is 0 Å². The molecule has 0 spiro atoms. The number of Topliss-reactive ketones (excluding diaryl/α,β-unsaturated/α-hetero) is 1. The minimum Gasteiger partial charge on any atom is -0.370 e. The molecule has 1 aliphatic heterocycles. The van der Waals surface area contributed by atoms with Crippen molar-refractivity contribution < 1.29 is 27.5 Å². The Morgan fingerprint density at radius 2 is 1.86 bits per heavy atom. The molecule has 4 nitrogen and oxygen atoms in total. The van der Waals surface area contributed by atoms with Gasteiger partial charge in [0.05, 0.1) is 17.9 Å². The van der Waals surface area contributed by atoms with Crippen LogP contribution in [-0.2, 0) is 9.53 Å². The second-order valence-corrected chi connectivity index (χ2v) is 4.86. The molecular formula is C14H14F3NO3. The van der Waals surface area contributed by atoms with Crippen molar-refractivity contribution >= 4 is 17.4 Å². The number of benzene rings is 1. The number of halogens is 3. The molecule has 0 saturated carbocycles. The number of ether oxygens (including phenoxy) is 1. The number of fused-ring (bicyclic) bond motifs is 1. The lowest BCUT2D eigenvalue weighted by atomic mass is 10.0. The number of alkyl halides is 3. The first-order valence-electron chi connectivity index (χ1n) is 6.33. The molecule has 0 aliphatic carbocycles. The van der Waals surface area contributed by atoms with Crippen LogP contribution in [0.1, 0.15) is 21.5 Å². The summed E-state index contributed by atoms with van der Waals surface area (Å²) in [4.78, 5) is 25.0. The normalized spacial score (nSPS) is 14.8. The molecule has 0 radical (unpaired) electrons. The number of nitrogens with zero attached hydrogens (tertiary/aromatic N) is 1. The summed E-state index contributed by atoms with van der Waals surface area (Å²) in [5.74, 6) is -1.36. The lowest BCUT2D eigenvalue weighted by Gasteiger charge is -2.19. The average molecular weight is 301 g/mol. The van der Waals surface area contributed by atoms with E-state index in [-0.39, 0.29) is 13.2 Å². The lowest BCUT2D eigenvalue weighted by molar-refractivity contribution is -0.173. The van der Waals surface area contributed by atoms with Gasteiger partial charge in [-0.05, 0) is 31.0 Å². The standard InChI is InChI=1S/C14H14F3NO3/c1-8-3-4-10-11(9(8)2)18(13(20)12(10)19)5-6-21-7-14(15,16)17/h3-4H,5-7H2,1-2H3. The van der Waals surface area contributed by atoms with Crippen LogP contribution >= 0.6 is 0 Å². The first-order chi connectivity index (χ1) is 9.72. The minimum absolute atomic E-state index is 0.0854. The fraction of sp³-hybridized carbons (Fsp3) is 0.429. The van der Waals surface area contributed by atoms with Crippen molar-refractivity contribution in [3.05, 3.63) is 28.8 Å². The highest BCUT2D eigenvalue weighted by molar-refractivity contribution is 6.52. The molecular weight excluding hydrogens is 287 g/mol. The monoisotopic (exact) mass is 301 g/mol. The third kappa shape index (κ3) is 3.07. The van der Waals surface area contributed by atoms with Crippen molar-refractivity contribution in [1.82, 2.24) is 0 Å². The predicted molar refractivity (Wildman–Crippen MR) is 69.5 cm³/mol. The second kappa shape index (κ2) is 5.48. The zero-order chi connectivity index (χ0) is 15.8. The Morgan fingerprint density at radius 1 is 1.19 bits per heavy atom. The fourth-order valence-corrected chi connectivity index (χ4v) is 2.23. The molecule has 1 amide bonds. The molecule has 0 saturated heterocycles. The van der Waals surface area contributed by atoms with E-state index >= 15 is 0 Å². The van der Waals surface area contributed by atoms with Crippen LogP contribution in [0.3, 0.4) is 0 Å². The van der Waals surface area contributed by atoms with Crippen molar-refractivity contribution in [2.24, 2.45) is 0 Å². The predicted octanol–water partition coefficient (Wildman–Crippen LogP) is 2.41. The zero-order valence-corrected chi connectivity index (χ0v) is 11.6. The Labute approximate surface area is 119 Å². The molecule has 1 aromatic carbocycles. The first kappa shape index (κ1) is 15.5. The van der Waals surface area contributed by atoms with E-state index in [2.05, 4.69) is 4.74 Å². The highest BCUT2D eigenvalue weighted by atomic mass is 19.4. The SMILES string of the molecule is Cc1ccc2c(c1C)N(CCOCC(F)(F)F)C(=O)C2=O. The number of anilines is 1. The fourth-order valence-electron chi connectivity index (χ4n) is 2.23. The maximum absolute atomic E-state index is 12.0. The summed E-state index contributed by atoms with van der Waals surface area (Å²) in [5, 5.41) is 0. The van der Waals surface area contributed by atoms with E-state index in [0.717, 1.165) is 11.1 Å². The molecule has 114 valence electrons. The van der Waals surface area contributed by atoms with Crippen LogP contribution in [0.5, 0.6) is 0 Å². The van der Waals surface area contributed by atoms with E-state index in [1.165, 1.54) is 4.90 Å². The minimum atomic E-state index is -4.41. The summed E-state index contributed by atoms with van der Waals surface area (Å²) in [6.45, 7) is 1.86. The van der Waals surface area contributed by atoms with Crippen molar-refractivity contribution in [2.45, 2.75) is 20.0 Å². The summed E-state index contributed by atoms with van der Waals surface area (Å²) in [5.41, 5.74) is 2.43. The van der Waals surface area contributed by atoms with Crippen molar-refractivity contribution in [1.29, 1.82) is 0 Å². The summed E-state index contributed by atoms with van der Waals surface area (Å²) in [7, 11) is 0. The van der Waals surface area contributed by atoms with Crippen molar-refractivity contribution in [2.75, 3.05) is 24.7 Å². The molecule has 1 heterocycles. The van der Waals surface area contributed by atoms with Crippen LogP contribution in [0, 0.1) is 13.8 Å². The van der Waals surface area contributed by atoms with Crippen LogP contribution in [0.15, 0.2) is 12.1 Å². The summed E-state index contributed by atoms with van der Waals surface area (Å²) >= 11 is 0. The average Bonchev–Trinajstić information content (AvgIpc) is 2.63. The van der Waals surface area contributed by atoms with Crippen LogP contribution in [0.4, 0.5) is 18.9 Å². The van der Waals surface area contributed by atoms with Gasteiger partial charge in [-0.2, -0.15) is 13.2 Å². The molecule has 0 atom stereocenters. The number of hydrogen-bond donors (Lipinski definition) is 0. The molecule has 0 fully saturated rings. The Balaban J connectivity index is 2.14. The van der Waals surface area contributed by atoms with Crippen molar-refractivity contribution in [3.8, 4) is 0 Å². The van der Waals surface area contributed by atoms with Gasteiger partial charge in [0.25, 0.3) is 11.7 Å². The van der Waals surface area contributed by atoms with Gasteiger partial charge in [-0.1, -0.05) is 6.07 Å². The van der Waals surface area contributed by atoms with Gasteiger partial charge >= 0.3 is 6.18 Å². The second-order valence-electron chi connectivity index (χ2n) is 4.86. The van der Waals surface area contributed by atoms with Gasteiger partial charge in [0, 0.05) is 6.54 Å². The molecule has 0 aromatic heterocycles. The molecule has 1 aromatic rings. The van der Waals surface area contributed by atoms with Crippen LogP contribution < -0.4 is 4.90 Å². The number of carbonyl (C=O) groups excluding carboxylic acids is 2. The Kier molecular flexibility index (Phi) is 4.04. The highest BCUT2D eigenvalue weighted by Gasteiger charge is 2.37. The van der Waals surface area contributed by atoms with Crippen LogP contribution in [0.25, 0.3) is 0 Å². The number of carbonyl (C=O) groups is 2. The van der Waals surface area contributed by atoms with Gasteiger partial charge in [-0.3, -0.25) is 9.59 Å². The maximum Gasteiger partial charge on any atom is 0.411 e. The molecule has 2 rings (SSSR count). The number of rotatable bonds is 4. The lowest BCUT2D eigenvalue weighted by Crippen LogP contribution is -2.34. The van der Waals surface area contributed by atoms with Crippen molar-refractivity contribution in [3.63, 3.8) is 0 Å². The Bertz CT molecular complexity index is 596. The third-order valence-corrected chi connectivity index (χ3v) is 3.38. The number of ketones is 1. The van der Waals surface area contributed by atoms with E-state index in [9.17, 15) is 22.8 Å². The largest absolute Gasteiger partial charge is 0.411 e. The first-order valence-corrected chi connectivity index (χ1v) is 6.33. The third-order valence-electron chi connectivity index (χ3n) is 3.38. The van der Waals surface area contributed by atoms with Crippen LogP contribution in [0.2, 0.25) is 0 Å². The maximum atomic E-state index is 12.0. The molecule has 7 heteroatoms. The smallest absolute Gasteiger partial charge is 0.370 e. The molecule has 0 bridgehead atoms. The number of hydrogen-bond acceptors (Lipinski definition) is 3. The van der Waals surface area contributed by atoms with Gasteiger partial charge in [0.1, 0.15) is 6.61 Å².